The van der Waals surface area contributed by atoms with E-state index in [4.69, 9.17) is 4.74 Å². The second kappa shape index (κ2) is 7.89. The minimum atomic E-state index is -0.276. The molecule has 1 atom stereocenters. The number of hydrogen-bond donors (Lipinski definition) is 1. The first-order valence-corrected chi connectivity index (χ1v) is 7.56. The van der Waals surface area contributed by atoms with Crippen molar-refractivity contribution in [3.63, 3.8) is 0 Å². The van der Waals surface area contributed by atoms with E-state index in [2.05, 4.69) is 10.5 Å². The molecule has 0 aliphatic carbocycles. The van der Waals surface area contributed by atoms with E-state index in [1.165, 1.54) is 6.07 Å². The maximum atomic E-state index is 14.5. The summed E-state index contributed by atoms with van der Waals surface area (Å²) >= 11 is 0. The quantitative estimate of drug-likeness (QED) is 0.498. The van der Waals surface area contributed by atoms with Gasteiger partial charge in [0, 0.05) is 24.6 Å². The predicted molar refractivity (Wildman–Crippen MR) is 84.6 cm³/mol. The van der Waals surface area contributed by atoms with Crippen molar-refractivity contribution in [2.24, 2.45) is 11.0 Å². The number of hydrazone groups is 1. The zero-order valence-electron chi connectivity index (χ0n) is 13.0. The third kappa shape index (κ3) is 3.82. The molecule has 0 radical (unpaired) electrons. The molecule has 1 N–H and O–H groups in total. The number of ether oxygens (including phenoxy) is 1. The van der Waals surface area contributed by atoms with Crippen molar-refractivity contribution in [3.8, 4) is 0 Å². The number of carbonyl (C=O) groups excluding carboxylic acids is 1. The van der Waals surface area contributed by atoms with E-state index in [9.17, 15) is 9.18 Å². The fourth-order valence-corrected chi connectivity index (χ4v) is 2.48. The van der Waals surface area contributed by atoms with Crippen molar-refractivity contribution in [2.45, 2.75) is 20.3 Å². The summed E-state index contributed by atoms with van der Waals surface area (Å²) in [6.07, 6.45) is 1.37. The van der Waals surface area contributed by atoms with Crippen LogP contribution in [0, 0.1) is 11.7 Å². The first kappa shape index (κ1) is 16.4. The lowest BCUT2D eigenvalue weighted by atomic mass is 9.96. The number of hydrogen-bond acceptors (Lipinski definition) is 4. The Balaban J connectivity index is 2.27. The maximum absolute atomic E-state index is 14.5. The molecule has 1 aliphatic rings. The molecule has 1 amide bonds. The van der Waals surface area contributed by atoms with Crippen LogP contribution in [0.1, 0.15) is 25.8 Å². The Hall–Kier alpha value is -1.95. The van der Waals surface area contributed by atoms with Crippen LogP contribution in [-0.4, -0.2) is 38.4 Å². The number of nitrogens with one attached hydrogen (secondary N) is 1. The van der Waals surface area contributed by atoms with Gasteiger partial charge >= 0.3 is 0 Å². The number of rotatable bonds is 6. The SMILES string of the molecule is CCC(C)/C(=N\NC=O)c1ccc(N2CCOCC2)c(F)c1. The average molecular weight is 307 g/mol. The molecule has 1 unspecified atom stereocenters. The summed E-state index contributed by atoms with van der Waals surface area (Å²) < 4.78 is 19.7. The van der Waals surface area contributed by atoms with Crippen molar-refractivity contribution in [2.75, 3.05) is 31.2 Å². The fraction of sp³-hybridized carbons (Fsp3) is 0.500. The smallest absolute Gasteiger partial charge is 0.227 e. The van der Waals surface area contributed by atoms with Gasteiger partial charge in [0.25, 0.3) is 0 Å². The van der Waals surface area contributed by atoms with Crippen LogP contribution in [-0.2, 0) is 9.53 Å². The molecule has 5 nitrogen and oxygen atoms in total. The third-order valence-corrected chi connectivity index (χ3v) is 3.91. The fourth-order valence-electron chi connectivity index (χ4n) is 2.48. The predicted octanol–water partition coefficient (Wildman–Crippen LogP) is 2.16. The van der Waals surface area contributed by atoms with Gasteiger partial charge in [-0.25, -0.2) is 9.82 Å². The van der Waals surface area contributed by atoms with E-state index in [0.717, 1.165) is 6.42 Å². The lowest BCUT2D eigenvalue weighted by molar-refractivity contribution is -0.109. The van der Waals surface area contributed by atoms with Crippen molar-refractivity contribution < 1.29 is 13.9 Å². The highest BCUT2D eigenvalue weighted by Gasteiger charge is 2.18. The number of amides is 1. The first-order valence-electron chi connectivity index (χ1n) is 7.56. The molecule has 6 heteroatoms. The lowest BCUT2D eigenvalue weighted by Crippen LogP contribution is -2.36. The zero-order chi connectivity index (χ0) is 15.9. The summed E-state index contributed by atoms with van der Waals surface area (Å²) in [6.45, 7) is 6.64. The van der Waals surface area contributed by atoms with Crippen LogP contribution in [0.5, 0.6) is 0 Å². The van der Waals surface area contributed by atoms with Crippen LogP contribution in [0.4, 0.5) is 10.1 Å². The maximum Gasteiger partial charge on any atom is 0.227 e. The number of benzene rings is 1. The number of nitrogens with zero attached hydrogens (tertiary/aromatic N) is 2. The average Bonchev–Trinajstić information content (AvgIpc) is 2.55. The van der Waals surface area contributed by atoms with Gasteiger partial charge in [0.05, 0.1) is 24.6 Å². The van der Waals surface area contributed by atoms with Gasteiger partial charge in [0.15, 0.2) is 0 Å². The molecule has 1 saturated heterocycles. The van der Waals surface area contributed by atoms with Crippen molar-refractivity contribution >= 4 is 17.8 Å². The van der Waals surface area contributed by atoms with Crippen molar-refractivity contribution in [1.29, 1.82) is 0 Å². The Morgan fingerprint density at radius 3 is 2.82 bits per heavy atom. The number of morpholine rings is 1. The Morgan fingerprint density at radius 2 is 2.23 bits per heavy atom. The van der Waals surface area contributed by atoms with E-state index < -0.39 is 0 Å². The van der Waals surface area contributed by atoms with E-state index >= 15 is 0 Å². The molecule has 0 saturated carbocycles. The molecule has 0 aromatic heterocycles. The standard InChI is InChI=1S/C16H22FN3O2/c1-3-12(2)16(19-18-11-21)13-4-5-15(14(17)10-13)20-6-8-22-9-7-20/h4-5,10-12H,3,6-9H2,1-2H3,(H,18,21)/b19-16+. The zero-order valence-corrected chi connectivity index (χ0v) is 13.0. The van der Waals surface area contributed by atoms with Crippen molar-refractivity contribution in [3.05, 3.63) is 29.6 Å². The van der Waals surface area contributed by atoms with Crippen LogP contribution in [0.2, 0.25) is 0 Å². The normalized spacial score (nSPS) is 17.2. The second-order valence-electron chi connectivity index (χ2n) is 5.32. The monoisotopic (exact) mass is 307 g/mol. The third-order valence-electron chi connectivity index (χ3n) is 3.91. The summed E-state index contributed by atoms with van der Waals surface area (Å²) in [5.74, 6) is -0.150. The summed E-state index contributed by atoms with van der Waals surface area (Å²) in [5.41, 5.74) is 4.28. The van der Waals surface area contributed by atoms with E-state index in [-0.39, 0.29) is 11.7 Å². The summed E-state index contributed by atoms with van der Waals surface area (Å²) in [7, 11) is 0. The van der Waals surface area contributed by atoms with Crippen LogP contribution in [0.15, 0.2) is 23.3 Å². The van der Waals surface area contributed by atoms with E-state index in [1.807, 2.05) is 24.8 Å². The molecular formula is C16H22FN3O2. The summed E-state index contributed by atoms with van der Waals surface area (Å²) in [6, 6.07) is 5.11. The molecule has 120 valence electrons. The molecule has 2 rings (SSSR count). The second-order valence-corrected chi connectivity index (χ2v) is 5.32. The van der Waals surface area contributed by atoms with Gasteiger partial charge in [-0.1, -0.05) is 19.9 Å². The van der Waals surface area contributed by atoms with E-state index in [1.54, 1.807) is 6.07 Å². The van der Waals surface area contributed by atoms with Crippen LogP contribution in [0.25, 0.3) is 0 Å². The van der Waals surface area contributed by atoms with Gasteiger partial charge in [0.1, 0.15) is 5.82 Å². The minimum absolute atomic E-state index is 0.126. The molecule has 1 fully saturated rings. The molecule has 0 spiro atoms. The van der Waals surface area contributed by atoms with Crippen molar-refractivity contribution in [1.82, 2.24) is 5.43 Å². The molecule has 1 aliphatic heterocycles. The largest absolute Gasteiger partial charge is 0.378 e. The number of halogens is 1. The lowest BCUT2D eigenvalue weighted by Gasteiger charge is -2.29. The van der Waals surface area contributed by atoms with Crippen LogP contribution in [0.3, 0.4) is 0 Å². The Bertz CT molecular complexity index is 542. The highest BCUT2D eigenvalue weighted by Crippen LogP contribution is 2.23. The molecular weight excluding hydrogens is 285 g/mol. The van der Waals surface area contributed by atoms with Gasteiger partial charge < -0.3 is 9.64 Å². The number of carbonyl (C=O) groups is 1. The molecule has 1 aromatic rings. The van der Waals surface area contributed by atoms with Crippen LogP contribution < -0.4 is 10.3 Å². The van der Waals surface area contributed by atoms with Crippen LogP contribution >= 0.6 is 0 Å². The highest BCUT2D eigenvalue weighted by molar-refractivity contribution is 6.02. The van der Waals surface area contributed by atoms with E-state index in [0.29, 0.717) is 49.7 Å². The molecule has 0 bridgehead atoms. The minimum Gasteiger partial charge on any atom is -0.378 e. The Labute approximate surface area is 130 Å². The summed E-state index contributed by atoms with van der Waals surface area (Å²) in [5, 5.41) is 4.06. The first-order chi connectivity index (χ1) is 10.7. The van der Waals surface area contributed by atoms with Gasteiger partial charge in [-0.05, 0) is 18.6 Å². The van der Waals surface area contributed by atoms with Gasteiger partial charge in [-0.15, -0.1) is 0 Å². The molecule has 1 heterocycles. The summed E-state index contributed by atoms with van der Waals surface area (Å²) in [4.78, 5) is 12.4. The molecule has 22 heavy (non-hydrogen) atoms. The van der Waals surface area contributed by atoms with Gasteiger partial charge in [-0.3, -0.25) is 4.79 Å². The highest BCUT2D eigenvalue weighted by atomic mass is 19.1. The number of anilines is 1. The topological polar surface area (TPSA) is 53.9 Å². The van der Waals surface area contributed by atoms with Gasteiger partial charge in [0.2, 0.25) is 6.41 Å². The Morgan fingerprint density at radius 1 is 1.50 bits per heavy atom. The Kier molecular flexibility index (Phi) is 5.89. The van der Waals surface area contributed by atoms with Gasteiger partial charge in [-0.2, -0.15) is 5.10 Å². The molecule has 1 aromatic carbocycles.